The predicted molar refractivity (Wildman–Crippen MR) is 80.7 cm³/mol. The summed E-state index contributed by atoms with van der Waals surface area (Å²) in [5, 5.41) is 8.94. The third kappa shape index (κ3) is 4.78. The van der Waals surface area contributed by atoms with E-state index in [0.29, 0.717) is 19.1 Å². The molecule has 1 aliphatic rings. The fourth-order valence-corrected chi connectivity index (χ4v) is 2.73. The summed E-state index contributed by atoms with van der Waals surface area (Å²) in [6, 6.07) is 7.98. The van der Waals surface area contributed by atoms with Crippen LogP contribution in [0.5, 0.6) is 5.75 Å². The van der Waals surface area contributed by atoms with Crippen molar-refractivity contribution in [3.63, 3.8) is 0 Å². The van der Waals surface area contributed by atoms with Crippen LogP contribution in [0.15, 0.2) is 24.3 Å². The van der Waals surface area contributed by atoms with Gasteiger partial charge in [0.25, 0.3) is 0 Å². The molecule has 0 aromatic heterocycles. The molecule has 4 nitrogen and oxygen atoms in total. The molecule has 2 rings (SSSR count). The lowest BCUT2D eigenvalue weighted by atomic mass is 10.1. The van der Waals surface area contributed by atoms with Gasteiger partial charge in [-0.05, 0) is 49.4 Å². The Labute approximate surface area is 121 Å². The molecule has 112 valence electrons. The van der Waals surface area contributed by atoms with E-state index >= 15 is 0 Å². The van der Waals surface area contributed by atoms with Crippen molar-refractivity contribution in [2.75, 3.05) is 32.8 Å². The molecule has 1 unspecified atom stereocenters. The van der Waals surface area contributed by atoms with Gasteiger partial charge < -0.3 is 20.5 Å². The van der Waals surface area contributed by atoms with Gasteiger partial charge in [-0.15, -0.1) is 0 Å². The van der Waals surface area contributed by atoms with E-state index in [1.807, 2.05) is 24.3 Å². The number of nitrogens with two attached hydrogens (primary N) is 1. The summed E-state index contributed by atoms with van der Waals surface area (Å²) >= 11 is 0. The topological polar surface area (TPSA) is 58.7 Å². The maximum absolute atomic E-state index is 8.94. The first-order valence-electron chi connectivity index (χ1n) is 7.57. The molecule has 1 aromatic carbocycles. The zero-order chi connectivity index (χ0) is 14.2. The van der Waals surface area contributed by atoms with Crippen molar-refractivity contribution in [2.45, 2.75) is 25.8 Å². The molecule has 0 bridgehead atoms. The van der Waals surface area contributed by atoms with Crippen LogP contribution in [0, 0.1) is 5.92 Å². The van der Waals surface area contributed by atoms with Crippen LogP contribution in [0.25, 0.3) is 0 Å². The highest BCUT2D eigenvalue weighted by molar-refractivity contribution is 5.26. The number of ether oxygens (including phenoxy) is 1. The standard InChI is InChI=1S/C16H26N2O2/c17-12-14-2-4-16(5-3-14)20-11-1-8-18-9-6-15(13-18)7-10-19/h2-5,15,19H,1,6-13,17H2. The molecule has 0 aliphatic carbocycles. The lowest BCUT2D eigenvalue weighted by Crippen LogP contribution is -2.23. The quantitative estimate of drug-likeness (QED) is 0.709. The van der Waals surface area contributed by atoms with Gasteiger partial charge in [-0.3, -0.25) is 0 Å². The van der Waals surface area contributed by atoms with E-state index in [1.54, 1.807) is 0 Å². The molecule has 0 amide bonds. The fourth-order valence-electron chi connectivity index (χ4n) is 2.73. The molecule has 1 heterocycles. The van der Waals surface area contributed by atoms with E-state index in [1.165, 1.54) is 6.42 Å². The van der Waals surface area contributed by atoms with Gasteiger partial charge in [-0.25, -0.2) is 0 Å². The van der Waals surface area contributed by atoms with E-state index in [4.69, 9.17) is 15.6 Å². The highest BCUT2D eigenvalue weighted by atomic mass is 16.5. The lowest BCUT2D eigenvalue weighted by molar-refractivity contribution is 0.239. The molecule has 1 fully saturated rings. The summed E-state index contributed by atoms with van der Waals surface area (Å²) in [6.07, 6.45) is 3.22. The predicted octanol–water partition coefficient (Wildman–Crippen LogP) is 1.62. The van der Waals surface area contributed by atoms with Gasteiger partial charge in [0, 0.05) is 26.2 Å². The van der Waals surface area contributed by atoms with Crippen LogP contribution < -0.4 is 10.5 Å². The molecular formula is C16H26N2O2. The first kappa shape index (κ1) is 15.3. The number of aliphatic hydroxyl groups excluding tert-OH is 1. The van der Waals surface area contributed by atoms with Gasteiger partial charge in [-0.1, -0.05) is 12.1 Å². The van der Waals surface area contributed by atoms with Crippen molar-refractivity contribution >= 4 is 0 Å². The summed E-state index contributed by atoms with van der Waals surface area (Å²) < 4.78 is 5.73. The van der Waals surface area contributed by atoms with Gasteiger partial charge in [0.05, 0.1) is 6.61 Å². The SMILES string of the molecule is NCc1ccc(OCCCN2CCC(CCO)C2)cc1. The second-order valence-corrected chi connectivity index (χ2v) is 5.52. The van der Waals surface area contributed by atoms with Gasteiger partial charge in [0.1, 0.15) is 5.75 Å². The van der Waals surface area contributed by atoms with E-state index in [9.17, 15) is 0 Å². The van der Waals surface area contributed by atoms with Crippen molar-refractivity contribution < 1.29 is 9.84 Å². The average Bonchev–Trinajstić information content (AvgIpc) is 2.92. The van der Waals surface area contributed by atoms with Gasteiger partial charge >= 0.3 is 0 Å². The van der Waals surface area contributed by atoms with Crippen LogP contribution >= 0.6 is 0 Å². The van der Waals surface area contributed by atoms with Crippen molar-refractivity contribution in [2.24, 2.45) is 11.7 Å². The summed E-state index contributed by atoms with van der Waals surface area (Å²) in [4.78, 5) is 2.47. The van der Waals surface area contributed by atoms with E-state index < -0.39 is 0 Å². The van der Waals surface area contributed by atoms with E-state index in [2.05, 4.69) is 4.90 Å². The third-order valence-corrected chi connectivity index (χ3v) is 3.95. The number of rotatable bonds is 8. The molecule has 0 spiro atoms. The summed E-state index contributed by atoms with van der Waals surface area (Å²) in [5.41, 5.74) is 6.69. The second kappa shape index (κ2) is 8.25. The van der Waals surface area contributed by atoms with Crippen molar-refractivity contribution in [3.8, 4) is 5.75 Å². The Hall–Kier alpha value is -1.10. The maximum Gasteiger partial charge on any atom is 0.119 e. The minimum absolute atomic E-state index is 0.320. The van der Waals surface area contributed by atoms with Crippen molar-refractivity contribution in [1.82, 2.24) is 4.90 Å². The van der Waals surface area contributed by atoms with Crippen LogP contribution in [0.1, 0.15) is 24.8 Å². The highest BCUT2D eigenvalue weighted by Crippen LogP contribution is 2.19. The minimum Gasteiger partial charge on any atom is -0.494 e. The molecule has 0 radical (unpaired) electrons. The van der Waals surface area contributed by atoms with Crippen LogP contribution in [0.3, 0.4) is 0 Å². The average molecular weight is 278 g/mol. The molecule has 4 heteroatoms. The molecule has 20 heavy (non-hydrogen) atoms. The molecule has 0 saturated carbocycles. The Balaban J connectivity index is 1.59. The minimum atomic E-state index is 0.320. The van der Waals surface area contributed by atoms with E-state index in [-0.39, 0.29) is 0 Å². The summed E-state index contributed by atoms with van der Waals surface area (Å²) in [6.45, 7) is 5.03. The molecule has 1 aliphatic heterocycles. The van der Waals surface area contributed by atoms with Crippen molar-refractivity contribution in [1.29, 1.82) is 0 Å². The maximum atomic E-state index is 8.94. The Morgan fingerprint density at radius 2 is 2.10 bits per heavy atom. The molecule has 1 atom stereocenters. The summed E-state index contributed by atoms with van der Waals surface area (Å²) in [7, 11) is 0. The fraction of sp³-hybridized carbons (Fsp3) is 0.625. The Kier molecular flexibility index (Phi) is 6.30. The number of aliphatic hydroxyl groups is 1. The number of benzene rings is 1. The van der Waals surface area contributed by atoms with E-state index in [0.717, 1.165) is 50.4 Å². The monoisotopic (exact) mass is 278 g/mol. The lowest BCUT2D eigenvalue weighted by Gasteiger charge is -2.16. The smallest absolute Gasteiger partial charge is 0.119 e. The first-order chi connectivity index (χ1) is 9.81. The normalized spacial score (nSPS) is 19.4. The first-order valence-corrected chi connectivity index (χ1v) is 7.57. The second-order valence-electron chi connectivity index (χ2n) is 5.52. The zero-order valence-corrected chi connectivity index (χ0v) is 12.1. The Morgan fingerprint density at radius 1 is 1.30 bits per heavy atom. The van der Waals surface area contributed by atoms with Gasteiger partial charge in [0.15, 0.2) is 0 Å². The highest BCUT2D eigenvalue weighted by Gasteiger charge is 2.21. The van der Waals surface area contributed by atoms with Crippen LogP contribution in [-0.2, 0) is 6.54 Å². The third-order valence-electron chi connectivity index (χ3n) is 3.95. The van der Waals surface area contributed by atoms with Gasteiger partial charge in [0.2, 0.25) is 0 Å². The van der Waals surface area contributed by atoms with Crippen molar-refractivity contribution in [3.05, 3.63) is 29.8 Å². The molecule has 1 saturated heterocycles. The largest absolute Gasteiger partial charge is 0.494 e. The number of hydrogen-bond acceptors (Lipinski definition) is 4. The van der Waals surface area contributed by atoms with Gasteiger partial charge in [-0.2, -0.15) is 0 Å². The van der Waals surface area contributed by atoms with Crippen LogP contribution in [0.4, 0.5) is 0 Å². The molecule has 1 aromatic rings. The molecular weight excluding hydrogens is 252 g/mol. The number of nitrogens with zero attached hydrogens (tertiary/aromatic N) is 1. The summed E-state index contributed by atoms with van der Waals surface area (Å²) in [5.74, 6) is 1.60. The van der Waals surface area contributed by atoms with Crippen LogP contribution in [0.2, 0.25) is 0 Å². The Morgan fingerprint density at radius 3 is 2.80 bits per heavy atom. The molecule has 3 N–H and O–H groups in total. The van der Waals surface area contributed by atoms with Crippen LogP contribution in [-0.4, -0.2) is 42.9 Å². The number of likely N-dealkylation sites (tertiary alicyclic amines) is 1. The number of hydrogen-bond donors (Lipinski definition) is 2. The zero-order valence-electron chi connectivity index (χ0n) is 12.1. The Bertz CT molecular complexity index is 381.